The van der Waals surface area contributed by atoms with Crippen LogP contribution in [0.25, 0.3) is 0 Å². The summed E-state index contributed by atoms with van der Waals surface area (Å²) >= 11 is 0. The number of carboxylic acids is 1. The molecular weight excluding hydrogens is 575 g/mol. The van der Waals surface area contributed by atoms with Crippen molar-refractivity contribution in [2.45, 2.75) is 102 Å². The highest BCUT2D eigenvalue weighted by Gasteiger charge is 2.42. The zero-order chi connectivity index (χ0) is 31.5. The average Bonchev–Trinajstić information content (AvgIpc) is 3.36. The Balaban J connectivity index is 1.47. The van der Waals surface area contributed by atoms with Gasteiger partial charge < -0.3 is 19.6 Å². The fourth-order valence-corrected chi connectivity index (χ4v) is 6.47. The normalized spacial score (nSPS) is 21.8. The number of benzene rings is 1. The molecular formula is C32H48F3N5O4. The van der Waals surface area contributed by atoms with E-state index < -0.39 is 43.0 Å². The van der Waals surface area contributed by atoms with Gasteiger partial charge in [-0.2, -0.15) is 13.2 Å². The second-order valence-corrected chi connectivity index (χ2v) is 12.1. The van der Waals surface area contributed by atoms with Crippen LogP contribution < -0.4 is 15.5 Å². The van der Waals surface area contributed by atoms with Gasteiger partial charge in [-0.05, 0) is 36.1 Å². The number of hydrogen-bond donors (Lipinski definition) is 3. The van der Waals surface area contributed by atoms with Crippen molar-refractivity contribution in [3.63, 3.8) is 0 Å². The number of amides is 1. The van der Waals surface area contributed by atoms with E-state index in [2.05, 4.69) is 22.6 Å². The Morgan fingerprint density at radius 1 is 1.05 bits per heavy atom. The van der Waals surface area contributed by atoms with Crippen LogP contribution in [-0.4, -0.2) is 77.0 Å². The Bertz CT molecular complexity index is 1120. The van der Waals surface area contributed by atoms with E-state index in [1.165, 1.54) is 25.7 Å². The highest BCUT2D eigenvalue weighted by atomic mass is 19.4. The van der Waals surface area contributed by atoms with Crippen molar-refractivity contribution >= 4 is 11.9 Å². The van der Waals surface area contributed by atoms with Gasteiger partial charge in [0, 0.05) is 25.5 Å². The first kappa shape index (κ1) is 33.9. The number of fused-ring (bicyclic) bond motifs is 2. The number of rotatable bonds is 17. The fraction of sp³-hybridized carbons (Fsp3) is 0.688. The summed E-state index contributed by atoms with van der Waals surface area (Å²) in [5.74, 6) is -2.49. The molecule has 0 radical (unpaired) electrons. The number of carbonyl (C=O) groups excluding carboxylic acids is 1. The molecule has 0 aromatic heterocycles. The number of nitrogens with one attached hydrogen (secondary N) is 2. The van der Waals surface area contributed by atoms with Crippen LogP contribution in [0.1, 0.15) is 94.7 Å². The summed E-state index contributed by atoms with van der Waals surface area (Å²) in [6, 6.07) is 4.51. The van der Waals surface area contributed by atoms with Crippen LogP contribution >= 0.6 is 0 Å². The maximum atomic E-state index is 13.9. The van der Waals surface area contributed by atoms with Crippen LogP contribution in [0.4, 0.5) is 13.2 Å². The minimum atomic E-state index is -4.61. The van der Waals surface area contributed by atoms with E-state index in [1.54, 1.807) is 18.2 Å². The van der Waals surface area contributed by atoms with Gasteiger partial charge in [-0.25, -0.2) is 5.43 Å². The van der Waals surface area contributed by atoms with Crippen LogP contribution in [-0.2, 0) is 16.0 Å². The molecule has 3 atom stereocenters. The molecule has 44 heavy (non-hydrogen) atoms. The summed E-state index contributed by atoms with van der Waals surface area (Å²) in [6.07, 6.45) is 8.90. The topological polar surface area (TPSA) is 97.4 Å². The molecule has 1 aromatic rings. The number of carbonyl (C=O) groups is 2. The van der Waals surface area contributed by atoms with Gasteiger partial charge in [0.1, 0.15) is 18.9 Å². The third-order valence-electron chi connectivity index (χ3n) is 8.66. The molecule has 1 amide bonds. The smallest absolute Gasteiger partial charge is 0.406 e. The molecule has 246 valence electrons. The zero-order valence-electron chi connectivity index (χ0n) is 25.8. The fourth-order valence-electron chi connectivity index (χ4n) is 6.47. The van der Waals surface area contributed by atoms with Gasteiger partial charge >= 0.3 is 12.1 Å². The molecule has 1 fully saturated rings. The third-order valence-corrected chi connectivity index (χ3v) is 8.66. The molecule has 1 aromatic carbocycles. The van der Waals surface area contributed by atoms with Gasteiger partial charge in [0.15, 0.2) is 6.29 Å². The number of ether oxygens (including phenoxy) is 1. The van der Waals surface area contributed by atoms with Crippen LogP contribution in [0.5, 0.6) is 5.75 Å². The number of carboxylic acid groups (broad SMARTS) is 1. The predicted octanol–water partition coefficient (Wildman–Crippen LogP) is 5.55. The van der Waals surface area contributed by atoms with Crippen LogP contribution in [0.15, 0.2) is 30.6 Å². The van der Waals surface area contributed by atoms with E-state index in [9.17, 15) is 27.9 Å². The Morgan fingerprint density at radius 2 is 1.77 bits per heavy atom. The lowest BCUT2D eigenvalue weighted by Gasteiger charge is -2.37. The molecule has 0 aliphatic carbocycles. The van der Waals surface area contributed by atoms with Crippen LogP contribution in [0.2, 0.25) is 0 Å². The largest absolute Gasteiger partial charge is 0.492 e. The maximum absolute atomic E-state index is 13.9. The minimum Gasteiger partial charge on any atom is -0.492 e. The molecule has 0 spiro atoms. The summed E-state index contributed by atoms with van der Waals surface area (Å²) in [5.41, 5.74) is 4.62. The van der Waals surface area contributed by atoms with E-state index >= 15 is 0 Å². The lowest BCUT2D eigenvalue weighted by Crippen LogP contribution is -2.60. The summed E-state index contributed by atoms with van der Waals surface area (Å²) in [7, 11) is 0. The maximum Gasteiger partial charge on any atom is 0.406 e. The molecule has 4 rings (SSSR count). The number of nitrogens with zero attached hydrogens (tertiary/aromatic N) is 3. The van der Waals surface area contributed by atoms with E-state index in [4.69, 9.17) is 4.74 Å². The summed E-state index contributed by atoms with van der Waals surface area (Å²) in [5, 5.41) is 14.9. The van der Waals surface area contributed by atoms with Gasteiger partial charge in [-0.15, -0.1) is 0 Å². The minimum absolute atomic E-state index is 0.00627. The first-order chi connectivity index (χ1) is 21.2. The van der Waals surface area contributed by atoms with Crippen LogP contribution in [0.3, 0.4) is 0 Å². The van der Waals surface area contributed by atoms with Gasteiger partial charge in [0.2, 0.25) is 5.91 Å². The molecule has 3 aliphatic heterocycles. The molecule has 1 saturated heterocycles. The van der Waals surface area contributed by atoms with Gasteiger partial charge in [0.25, 0.3) is 0 Å². The summed E-state index contributed by atoms with van der Waals surface area (Å²) in [6.45, 7) is 3.39. The molecule has 3 heterocycles. The molecule has 9 nitrogen and oxygen atoms in total. The molecule has 3 N–H and O–H groups in total. The number of alkyl halides is 3. The monoisotopic (exact) mass is 623 g/mol. The Hall–Kier alpha value is -2.99. The molecule has 0 bridgehead atoms. The molecule has 3 aliphatic rings. The number of unbranched alkanes of at least 4 members (excludes halogenated alkanes) is 8. The highest BCUT2D eigenvalue weighted by molar-refractivity contribution is 5.84. The predicted molar refractivity (Wildman–Crippen MR) is 161 cm³/mol. The highest BCUT2D eigenvalue weighted by Crippen LogP contribution is 2.39. The SMILES string of the molecule is CCCCCCCCCCCC1c2cc(OCCN3C=CN4NCCNC34)ccc2CC(CC(=O)O)C(=O)N1CC(F)(F)F. The van der Waals surface area contributed by atoms with Gasteiger partial charge in [0.05, 0.1) is 24.9 Å². The summed E-state index contributed by atoms with van der Waals surface area (Å²) < 4.78 is 47.7. The van der Waals surface area contributed by atoms with Crippen molar-refractivity contribution in [2.24, 2.45) is 5.92 Å². The molecule has 0 saturated carbocycles. The van der Waals surface area contributed by atoms with E-state index in [-0.39, 0.29) is 12.7 Å². The first-order valence-electron chi connectivity index (χ1n) is 16.2. The standard InChI is InChI=1S/C32H48F3N5O4/c1-2-3-4-5-6-7-8-9-10-11-28-27-22-26(44-19-18-38-16-17-40-31(38)36-14-15-37-40)13-12-24(27)20-25(21-29(41)42)30(43)39(28)23-32(33,34)35/h12-13,16-17,22,25,28,31,36-37H,2-11,14-15,18-21,23H2,1H3,(H,41,42). The Morgan fingerprint density at radius 3 is 2.48 bits per heavy atom. The second-order valence-electron chi connectivity index (χ2n) is 12.1. The van der Waals surface area contributed by atoms with Crippen LogP contribution in [0, 0.1) is 5.92 Å². The number of hydrogen-bond acceptors (Lipinski definition) is 7. The molecule has 3 unspecified atom stereocenters. The van der Waals surface area contributed by atoms with Crippen molar-refractivity contribution in [2.75, 3.05) is 32.8 Å². The van der Waals surface area contributed by atoms with E-state index in [1.807, 2.05) is 17.4 Å². The third kappa shape index (κ3) is 9.76. The quantitative estimate of drug-likeness (QED) is 0.195. The Kier molecular flexibility index (Phi) is 12.6. The second kappa shape index (κ2) is 16.4. The van der Waals surface area contributed by atoms with Gasteiger partial charge in [-0.3, -0.25) is 19.9 Å². The van der Waals surface area contributed by atoms with Crippen molar-refractivity contribution in [3.8, 4) is 5.75 Å². The lowest BCUT2D eigenvalue weighted by molar-refractivity contribution is -0.169. The average molecular weight is 624 g/mol. The number of halogens is 3. The zero-order valence-corrected chi connectivity index (χ0v) is 25.8. The van der Waals surface area contributed by atoms with Crippen molar-refractivity contribution in [1.82, 2.24) is 25.6 Å². The van der Waals surface area contributed by atoms with E-state index in [0.29, 0.717) is 42.9 Å². The summed E-state index contributed by atoms with van der Waals surface area (Å²) in [4.78, 5) is 28.1. The van der Waals surface area contributed by atoms with Gasteiger partial charge in [-0.1, -0.05) is 70.8 Å². The first-order valence-corrected chi connectivity index (χ1v) is 16.2. The van der Waals surface area contributed by atoms with E-state index in [0.717, 1.165) is 43.7 Å². The number of aliphatic carboxylic acids is 1. The van der Waals surface area contributed by atoms with Crippen molar-refractivity contribution in [3.05, 3.63) is 41.7 Å². The van der Waals surface area contributed by atoms with Crippen molar-refractivity contribution in [1.29, 1.82) is 0 Å². The number of hydrazine groups is 1. The Labute approximate surface area is 258 Å². The lowest BCUT2D eigenvalue weighted by atomic mass is 9.91. The molecule has 12 heteroatoms. The van der Waals surface area contributed by atoms with Crippen molar-refractivity contribution < 1.29 is 32.6 Å².